The average Bonchev–Trinajstić information content (AvgIpc) is 3.43. The molecular formula is C20H28IN7O2. The van der Waals surface area contributed by atoms with Gasteiger partial charge in [-0.15, -0.1) is 24.0 Å². The van der Waals surface area contributed by atoms with E-state index >= 15 is 0 Å². The lowest BCUT2D eigenvalue weighted by atomic mass is 10.1. The minimum Gasteiger partial charge on any atom is -0.371 e. The fourth-order valence-corrected chi connectivity index (χ4v) is 2.77. The zero-order valence-corrected chi connectivity index (χ0v) is 19.7. The first-order valence-corrected chi connectivity index (χ1v) is 9.67. The lowest BCUT2D eigenvalue weighted by Crippen LogP contribution is -2.37. The number of halogens is 1. The van der Waals surface area contributed by atoms with Crippen molar-refractivity contribution in [3.8, 4) is 5.69 Å². The van der Waals surface area contributed by atoms with Crippen LogP contribution in [-0.2, 0) is 17.7 Å². The first kappa shape index (κ1) is 23.8. The van der Waals surface area contributed by atoms with Gasteiger partial charge in [-0.3, -0.25) is 4.99 Å². The zero-order valence-electron chi connectivity index (χ0n) is 17.4. The van der Waals surface area contributed by atoms with Crippen molar-refractivity contribution in [3.05, 3.63) is 60.0 Å². The smallest absolute Gasteiger partial charge is 0.246 e. The molecule has 0 bridgehead atoms. The summed E-state index contributed by atoms with van der Waals surface area (Å²) in [6.45, 7) is 5.57. The molecule has 3 rings (SSSR count). The Balaban J connectivity index is 0.00000320. The van der Waals surface area contributed by atoms with Crippen molar-refractivity contribution in [2.45, 2.75) is 32.9 Å². The Labute approximate surface area is 193 Å². The Kier molecular flexibility index (Phi) is 9.74. The minimum atomic E-state index is -0.186. The summed E-state index contributed by atoms with van der Waals surface area (Å²) in [5, 5.41) is 14.6. The standard InChI is InChI=1S/C20H27N7O2.HI/c1-4-28-15(2)19-25-18(29-26-19)14-23-20(21-3)22-12-10-16-6-8-17(9-7-16)27-13-5-11-24-27;/h5-9,11,13,15H,4,10,12,14H2,1-3H3,(H2,21,22,23);1H. The van der Waals surface area contributed by atoms with E-state index in [1.54, 1.807) is 13.2 Å². The predicted octanol–water partition coefficient (Wildman–Crippen LogP) is 2.88. The highest BCUT2D eigenvalue weighted by Crippen LogP contribution is 2.12. The second-order valence-corrected chi connectivity index (χ2v) is 6.36. The van der Waals surface area contributed by atoms with Gasteiger partial charge in [0.1, 0.15) is 6.10 Å². The first-order valence-electron chi connectivity index (χ1n) is 9.67. The highest BCUT2D eigenvalue weighted by atomic mass is 127. The maximum atomic E-state index is 5.47. The fraction of sp³-hybridized carbons (Fsp3) is 0.400. The van der Waals surface area contributed by atoms with Gasteiger partial charge in [0.25, 0.3) is 0 Å². The average molecular weight is 525 g/mol. The van der Waals surface area contributed by atoms with Crippen LogP contribution in [0.3, 0.4) is 0 Å². The summed E-state index contributed by atoms with van der Waals surface area (Å²) in [7, 11) is 1.73. The van der Waals surface area contributed by atoms with Crippen LogP contribution in [0.5, 0.6) is 0 Å². The Hall–Kier alpha value is -2.47. The van der Waals surface area contributed by atoms with Crippen LogP contribution >= 0.6 is 24.0 Å². The van der Waals surface area contributed by atoms with Crippen LogP contribution in [0.4, 0.5) is 0 Å². The molecule has 1 atom stereocenters. The van der Waals surface area contributed by atoms with Crippen molar-refractivity contribution in [1.82, 2.24) is 30.6 Å². The van der Waals surface area contributed by atoms with Gasteiger partial charge in [0.15, 0.2) is 11.8 Å². The third kappa shape index (κ3) is 6.80. The van der Waals surface area contributed by atoms with Crippen LogP contribution in [0.25, 0.3) is 5.69 Å². The zero-order chi connectivity index (χ0) is 20.5. The Bertz CT molecular complexity index is 894. The maximum Gasteiger partial charge on any atom is 0.246 e. The van der Waals surface area contributed by atoms with Crippen molar-refractivity contribution in [1.29, 1.82) is 0 Å². The minimum absolute atomic E-state index is 0. The van der Waals surface area contributed by atoms with Crippen LogP contribution in [-0.4, -0.2) is 46.1 Å². The fourth-order valence-electron chi connectivity index (χ4n) is 2.77. The first-order chi connectivity index (χ1) is 14.2. The van der Waals surface area contributed by atoms with Crippen molar-refractivity contribution in [2.24, 2.45) is 4.99 Å². The molecule has 0 saturated carbocycles. The van der Waals surface area contributed by atoms with Gasteiger partial charge in [-0.2, -0.15) is 10.1 Å². The number of rotatable bonds is 9. The number of aromatic nitrogens is 4. The molecule has 0 spiro atoms. The Morgan fingerprint density at radius 2 is 2.07 bits per heavy atom. The second kappa shape index (κ2) is 12.3. The molecule has 0 saturated heterocycles. The number of hydrogen-bond acceptors (Lipinski definition) is 6. The molecule has 2 aromatic heterocycles. The topological polar surface area (TPSA) is 102 Å². The summed E-state index contributed by atoms with van der Waals surface area (Å²) in [4.78, 5) is 8.56. The molecule has 30 heavy (non-hydrogen) atoms. The van der Waals surface area contributed by atoms with Gasteiger partial charge in [-0.1, -0.05) is 17.3 Å². The molecule has 0 fully saturated rings. The highest BCUT2D eigenvalue weighted by Gasteiger charge is 2.13. The van der Waals surface area contributed by atoms with Crippen molar-refractivity contribution in [2.75, 3.05) is 20.2 Å². The maximum absolute atomic E-state index is 5.47. The van der Waals surface area contributed by atoms with Gasteiger partial charge in [0.2, 0.25) is 5.89 Å². The van der Waals surface area contributed by atoms with Gasteiger partial charge in [-0.05, 0) is 44.0 Å². The third-order valence-electron chi connectivity index (χ3n) is 4.31. The van der Waals surface area contributed by atoms with Crippen LogP contribution in [0.15, 0.2) is 52.2 Å². The van der Waals surface area contributed by atoms with E-state index in [9.17, 15) is 0 Å². The summed E-state index contributed by atoms with van der Waals surface area (Å²) in [6.07, 6.45) is 4.38. The summed E-state index contributed by atoms with van der Waals surface area (Å²) < 4.78 is 12.6. The molecule has 2 N–H and O–H groups in total. The monoisotopic (exact) mass is 525 g/mol. The quantitative estimate of drug-likeness (QED) is 0.252. The van der Waals surface area contributed by atoms with Gasteiger partial charge >= 0.3 is 0 Å². The number of benzene rings is 1. The SMILES string of the molecule is CCOC(C)c1noc(CNC(=NC)NCCc2ccc(-n3cccn3)cc2)n1.I. The predicted molar refractivity (Wildman–Crippen MR) is 125 cm³/mol. The molecule has 10 heteroatoms. The number of guanidine groups is 1. The van der Waals surface area contributed by atoms with Gasteiger partial charge in [-0.25, -0.2) is 4.68 Å². The van der Waals surface area contributed by atoms with Crippen molar-refractivity contribution in [3.63, 3.8) is 0 Å². The molecule has 2 heterocycles. The van der Waals surface area contributed by atoms with Crippen LogP contribution in [0.1, 0.15) is 37.2 Å². The molecule has 0 aliphatic rings. The summed E-state index contributed by atoms with van der Waals surface area (Å²) >= 11 is 0. The number of hydrogen-bond donors (Lipinski definition) is 2. The Morgan fingerprint density at radius 3 is 2.73 bits per heavy atom. The van der Waals surface area contributed by atoms with E-state index in [1.807, 2.05) is 30.8 Å². The van der Waals surface area contributed by atoms with Crippen LogP contribution in [0, 0.1) is 0 Å². The van der Waals surface area contributed by atoms with Crippen molar-refractivity contribution >= 4 is 29.9 Å². The number of ether oxygens (including phenoxy) is 1. The van der Waals surface area contributed by atoms with E-state index in [0.29, 0.717) is 30.8 Å². The van der Waals surface area contributed by atoms with Gasteiger partial charge in [0.05, 0.1) is 12.2 Å². The summed E-state index contributed by atoms with van der Waals surface area (Å²) in [6, 6.07) is 10.2. The molecule has 1 unspecified atom stereocenters. The number of aliphatic imine (C=N–C) groups is 1. The van der Waals surface area contributed by atoms with E-state index in [4.69, 9.17) is 9.26 Å². The van der Waals surface area contributed by atoms with Crippen molar-refractivity contribution < 1.29 is 9.26 Å². The lowest BCUT2D eigenvalue weighted by Gasteiger charge is -2.10. The van der Waals surface area contributed by atoms with Gasteiger partial charge in [0, 0.05) is 32.6 Å². The third-order valence-corrected chi connectivity index (χ3v) is 4.31. The van der Waals surface area contributed by atoms with E-state index in [0.717, 1.165) is 18.7 Å². The molecule has 3 aromatic rings. The van der Waals surface area contributed by atoms with E-state index in [-0.39, 0.29) is 30.1 Å². The largest absolute Gasteiger partial charge is 0.371 e. The summed E-state index contributed by atoms with van der Waals surface area (Å²) in [5.41, 5.74) is 2.28. The van der Waals surface area contributed by atoms with E-state index in [1.165, 1.54) is 5.56 Å². The van der Waals surface area contributed by atoms with E-state index < -0.39 is 0 Å². The highest BCUT2D eigenvalue weighted by molar-refractivity contribution is 14.0. The van der Waals surface area contributed by atoms with Crippen LogP contribution in [0.2, 0.25) is 0 Å². The van der Waals surface area contributed by atoms with E-state index in [2.05, 4.69) is 55.1 Å². The molecule has 0 aliphatic heterocycles. The normalized spacial score (nSPS) is 12.3. The molecular weight excluding hydrogens is 497 g/mol. The molecule has 0 aliphatic carbocycles. The molecule has 0 radical (unpaired) electrons. The lowest BCUT2D eigenvalue weighted by molar-refractivity contribution is 0.0683. The molecule has 9 nitrogen and oxygen atoms in total. The Morgan fingerprint density at radius 1 is 1.27 bits per heavy atom. The molecule has 162 valence electrons. The van der Waals surface area contributed by atoms with Gasteiger partial charge < -0.3 is 19.9 Å². The second-order valence-electron chi connectivity index (χ2n) is 6.36. The van der Waals surface area contributed by atoms with Crippen LogP contribution < -0.4 is 10.6 Å². The number of nitrogens with one attached hydrogen (secondary N) is 2. The number of nitrogens with zero attached hydrogens (tertiary/aromatic N) is 5. The molecule has 0 amide bonds. The molecule has 1 aromatic carbocycles. The summed E-state index contributed by atoms with van der Waals surface area (Å²) in [5.74, 6) is 1.71.